The van der Waals surface area contributed by atoms with E-state index in [0.29, 0.717) is 5.95 Å². The molecule has 1 aromatic heterocycles. The highest BCUT2D eigenvalue weighted by atomic mass is 15.2. The third-order valence-corrected chi connectivity index (χ3v) is 3.38. The fourth-order valence-corrected chi connectivity index (χ4v) is 2.33. The Bertz CT molecular complexity index is 740. The van der Waals surface area contributed by atoms with E-state index in [9.17, 15) is 0 Å². The van der Waals surface area contributed by atoms with Gasteiger partial charge in [-0.25, -0.2) is 4.98 Å². The molecule has 0 aliphatic rings. The number of rotatable bonds is 4. The molecule has 1 N–H and O–H groups in total. The summed E-state index contributed by atoms with van der Waals surface area (Å²) in [5.41, 5.74) is 2.05. The second-order valence-electron chi connectivity index (χ2n) is 4.81. The van der Waals surface area contributed by atoms with E-state index in [1.54, 1.807) is 0 Å². The van der Waals surface area contributed by atoms with E-state index in [1.165, 1.54) is 0 Å². The number of nitrogens with one attached hydrogen (secondary N) is 1. The Balaban J connectivity index is 2.15. The number of anilines is 3. The van der Waals surface area contributed by atoms with Gasteiger partial charge in [0.05, 0.1) is 5.52 Å². The van der Waals surface area contributed by atoms with Crippen LogP contribution in [0.5, 0.6) is 0 Å². The quantitative estimate of drug-likeness (QED) is 0.787. The average Bonchev–Trinajstić information content (AvgIpc) is 2.54. The third kappa shape index (κ3) is 2.65. The summed E-state index contributed by atoms with van der Waals surface area (Å²) in [4.78, 5) is 11.3. The molecule has 4 nitrogen and oxygen atoms in total. The van der Waals surface area contributed by atoms with Crippen molar-refractivity contribution in [2.75, 3.05) is 23.8 Å². The van der Waals surface area contributed by atoms with Crippen molar-refractivity contribution in [1.29, 1.82) is 0 Å². The molecule has 3 rings (SSSR count). The van der Waals surface area contributed by atoms with Crippen molar-refractivity contribution >= 4 is 28.4 Å². The van der Waals surface area contributed by atoms with E-state index < -0.39 is 0 Å². The van der Waals surface area contributed by atoms with Gasteiger partial charge in [-0.2, -0.15) is 4.98 Å². The normalized spacial score (nSPS) is 10.6. The van der Waals surface area contributed by atoms with Gasteiger partial charge in [-0.05, 0) is 31.2 Å². The van der Waals surface area contributed by atoms with Gasteiger partial charge in [-0.3, -0.25) is 0 Å². The van der Waals surface area contributed by atoms with Crippen LogP contribution in [-0.2, 0) is 0 Å². The summed E-state index contributed by atoms with van der Waals surface area (Å²) in [6.45, 7) is 2.84. The first-order chi connectivity index (χ1) is 10.3. The molecule has 0 saturated carbocycles. The van der Waals surface area contributed by atoms with E-state index in [4.69, 9.17) is 0 Å². The molecule has 0 spiro atoms. The molecule has 0 atom stereocenters. The molecule has 2 aromatic carbocycles. The van der Waals surface area contributed by atoms with E-state index in [2.05, 4.69) is 38.4 Å². The molecule has 4 heteroatoms. The zero-order chi connectivity index (χ0) is 14.7. The molecule has 0 fully saturated rings. The lowest BCUT2D eigenvalue weighted by molar-refractivity contribution is 1.07. The first-order valence-electron chi connectivity index (χ1n) is 7.09. The average molecular weight is 278 g/mol. The topological polar surface area (TPSA) is 41.1 Å². The summed E-state index contributed by atoms with van der Waals surface area (Å²) in [6, 6.07) is 18.3. The molecular weight excluding hydrogens is 260 g/mol. The lowest BCUT2D eigenvalue weighted by atomic mass is 10.2. The third-order valence-electron chi connectivity index (χ3n) is 3.38. The number of aromatic nitrogens is 2. The fraction of sp³-hybridized carbons (Fsp3) is 0.176. The van der Waals surface area contributed by atoms with Gasteiger partial charge in [0.15, 0.2) is 0 Å². The molecule has 0 amide bonds. The molecule has 21 heavy (non-hydrogen) atoms. The number of hydrogen-bond donors (Lipinski definition) is 1. The zero-order valence-electron chi connectivity index (χ0n) is 12.2. The second-order valence-corrected chi connectivity index (χ2v) is 4.81. The minimum atomic E-state index is 0.661. The van der Waals surface area contributed by atoms with Crippen LogP contribution in [0.4, 0.5) is 17.5 Å². The number of hydrogen-bond acceptors (Lipinski definition) is 4. The number of para-hydroxylation sites is 2. The summed E-state index contributed by atoms with van der Waals surface area (Å²) in [5.74, 6) is 1.57. The highest BCUT2D eigenvalue weighted by Crippen LogP contribution is 2.29. The van der Waals surface area contributed by atoms with Crippen molar-refractivity contribution in [2.45, 2.75) is 6.92 Å². The first kappa shape index (κ1) is 13.4. The van der Waals surface area contributed by atoms with Crippen LogP contribution in [0.15, 0.2) is 54.6 Å². The lowest BCUT2D eigenvalue weighted by Gasteiger charge is -2.20. The Hall–Kier alpha value is -2.62. The van der Waals surface area contributed by atoms with Crippen LogP contribution in [0.3, 0.4) is 0 Å². The van der Waals surface area contributed by atoms with Gasteiger partial charge in [0, 0.05) is 24.7 Å². The van der Waals surface area contributed by atoms with E-state index in [1.807, 2.05) is 50.4 Å². The summed E-state index contributed by atoms with van der Waals surface area (Å²) < 4.78 is 0. The maximum atomic E-state index is 4.67. The summed E-state index contributed by atoms with van der Waals surface area (Å²) in [6.07, 6.45) is 0. The second kappa shape index (κ2) is 5.79. The van der Waals surface area contributed by atoms with Gasteiger partial charge in [0.2, 0.25) is 5.95 Å². The number of nitrogens with zero attached hydrogens (tertiary/aromatic N) is 3. The Labute approximate surface area is 124 Å². The van der Waals surface area contributed by atoms with Crippen LogP contribution in [0, 0.1) is 0 Å². The molecule has 0 saturated heterocycles. The minimum Gasteiger partial charge on any atom is -0.354 e. The standard InChI is InChI=1S/C17H18N4/c1-3-18-17-19-15-12-8-7-11-14(15)16(20-17)21(2)13-9-5-4-6-10-13/h4-12H,3H2,1-2H3,(H,18,19,20). The predicted octanol–water partition coefficient (Wildman–Crippen LogP) is 3.83. The SMILES string of the molecule is CCNc1nc(N(C)c2ccccc2)c2ccccc2n1. The van der Waals surface area contributed by atoms with Crippen LogP contribution in [0.1, 0.15) is 6.92 Å². The van der Waals surface area contributed by atoms with E-state index in [-0.39, 0.29) is 0 Å². The molecule has 0 unspecified atom stereocenters. The Morgan fingerprint density at radius 2 is 1.67 bits per heavy atom. The molecule has 3 aromatic rings. The minimum absolute atomic E-state index is 0.661. The predicted molar refractivity (Wildman–Crippen MR) is 88.2 cm³/mol. The largest absolute Gasteiger partial charge is 0.354 e. The van der Waals surface area contributed by atoms with Crippen molar-refractivity contribution in [3.63, 3.8) is 0 Å². The monoisotopic (exact) mass is 278 g/mol. The smallest absolute Gasteiger partial charge is 0.225 e. The number of fused-ring (bicyclic) bond motifs is 1. The van der Waals surface area contributed by atoms with E-state index >= 15 is 0 Å². The molecule has 0 radical (unpaired) electrons. The van der Waals surface area contributed by atoms with Crippen molar-refractivity contribution in [3.8, 4) is 0 Å². The molecule has 0 aliphatic heterocycles. The van der Waals surface area contributed by atoms with Gasteiger partial charge in [0.1, 0.15) is 5.82 Å². The Morgan fingerprint density at radius 3 is 2.43 bits per heavy atom. The first-order valence-corrected chi connectivity index (χ1v) is 7.09. The summed E-state index contributed by atoms with van der Waals surface area (Å²) in [7, 11) is 2.03. The van der Waals surface area contributed by atoms with Gasteiger partial charge in [-0.15, -0.1) is 0 Å². The van der Waals surface area contributed by atoms with Crippen LogP contribution in [0.25, 0.3) is 10.9 Å². The Morgan fingerprint density at radius 1 is 0.952 bits per heavy atom. The highest BCUT2D eigenvalue weighted by molar-refractivity contribution is 5.92. The summed E-state index contributed by atoms with van der Waals surface area (Å²) in [5, 5.41) is 4.24. The fourth-order valence-electron chi connectivity index (χ4n) is 2.33. The highest BCUT2D eigenvalue weighted by Gasteiger charge is 2.12. The maximum Gasteiger partial charge on any atom is 0.225 e. The van der Waals surface area contributed by atoms with E-state index in [0.717, 1.165) is 29.0 Å². The molecule has 106 valence electrons. The maximum absolute atomic E-state index is 4.67. The molecule has 1 heterocycles. The van der Waals surface area contributed by atoms with Gasteiger partial charge >= 0.3 is 0 Å². The van der Waals surface area contributed by atoms with Crippen molar-refractivity contribution < 1.29 is 0 Å². The van der Waals surface area contributed by atoms with Crippen LogP contribution >= 0.6 is 0 Å². The summed E-state index contributed by atoms with van der Waals surface area (Å²) >= 11 is 0. The van der Waals surface area contributed by atoms with Crippen molar-refractivity contribution in [1.82, 2.24) is 9.97 Å². The van der Waals surface area contributed by atoms with Crippen molar-refractivity contribution in [2.24, 2.45) is 0 Å². The molecule has 0 bridgehead atoms. The lowest BCUT2D eigenvalue weighted by Crippen LogP contribution is -2.14. The molecule has 0 aliphatic carbocycles. The van der Waals surface area contributed by atoms with Crippen molar-refractivity contribution in [3.05, 3.63) is 54.6 Å². The van der Waals surface area contributed by atoms with Crippen LogP contribution in [0.2, 0.25) is 0 Å². The van der Waals surface area contributed by atoms with Gasteiger partial charge in [-0.1, -0.05) is 30.3 Å². The number of benzene rings is 2. The zero-order valence-corrected chi connectivity index (χ0v) is 12.2. The van der Waals surface area contributed by atoms with Gasteiger partial charge < -0.3 is 10.2 Å². The Kier molecular flexibility index (Phi) is 3.69. The van der Waals surface area contributed by atoms with Crippen LogP contribution < -0.4 is 10.2 Å². The molecular formula is C17H18N4. The van der Waals surface area contributed by atoms with Gasteiger partial charge in [0.25, 0.3) is 0 Å². The van der Waals surface area contributed by atoms with Crippen LogP contribution in [-0.4, -0.2) is 23.6 Å².